The summed E-state index contributed by atoms with van der Waals surface area (Å²) in [5, 5.41) is 3.14. The SMILES string of the molecule is CN(C)C(=O)CCNCc1cnccn1. The Morgan fingerprint density at radius 1 is 1.47 bits per heavy atom. The van der Waals surface area contributed by atoms with E-state index in [1.165, 1.54) is 0 Å². The highest BCUT2D eigenvalue weighted by Crippen LogP contribution is 1.90. The lowest BCUT2D eigenvalue weighted by molar-refractivity contribution is -0.128. The summed E-state index contributed by atoms with van der Waals surface area (Å²) in [5.41, 5.74) is 0.884. The molecule has 0 bridgehead atoms. The smallest absolute Gasteiger partial charge is 0.223 e. The average molecular weight is 208 g/mol. The highest BCUT2D eigenvalue weighted by molar-refractivity contribution is 5.75. The normalized spacial score (nSPS) is 10.0. The van der Waals surface area contributed by atoms with Crippen LogP contribution >= 0.6 is 0 Å². The van der Waals surface area contributed by atoms with E-state index in [9.17, 15) is 4.79 Å². The molecule has 0 aromatic carbocycles. The van der Waals surface area contributed by atoms with Gasteiger partial charge in [0.2, 0.25) is 5.91 Å². The van der Waals surface area contributed by atoms with E-state index in [4.69, 9.17) is 0 Å². The number of carbonyl (C=O) groups excluding carboxylic acids is 1. The lowest BCUT2D eigenvalue weighted by atomic mass is 10.3. The molecule has 82 valence electrons. The van der Waals surface area contributed by atoms with E-state index >= 15 is 0 Å². The Morgan fingerprint density at radius 3 is 2.87 bits per heavy atom. The molecule has 0 saturated carbocycles. The molecule has 15 heavy (non-hydrogen) atoms. The van der Waals surface area contributed by atoms with Crippen molar-refractivity contribution in [1.82, 2.24) is 20.2 Å². The second-order valence-electron chi connectivity index (χ2n) is 3.41. The Labute approximate surface area is 89.5 Å². The Bertz CT molecular complexity index is 300. The summed E-state index contributed by atoms with van der Waals surface area (Å²) < 4.78 is 0. The fourth-order valence-electron chi connectivity index (χ4n) is 1.06. The summed E-state index contributed by atoms with van der Waals surface area (Å²) in [6, 6.07) is 0. The lowest BCUT2D eigenvalue weighted by Gasteiger charge is -2.10. The minimum absolute atomic E-state index is 0.127. The molecule has 0 spiro atoms. The third kappa shape index (κ3) is 4.51. The monoisotopic (exact) mass is 208 g/mol. The molecule has 1 aromatic rings. The zero-order chi connectivity index (χ0) is 11.1. The highest BCUT2D eigenvalue weighted by atomic mass is 16.2. The number of rotatable bonds is 5. The van der Waals surface area contributed by atoms with E-state index in [1.807, 2.05) is 0 Å². The van der Waals surface area contributed by atoms with Gasteiger partial charge in [-0.25, -0.2) is 0 Å². The Morgan fingerprint density at radius 2 is 2.27 bits per heavy atom. The predicted octanol–water partition coefficient (Wildman–Crippen LogP) is 0.0445. The van der Waals surface area contributed by atoms with Gasteiger partial charge < -0.3 is 10.2 Å². The van der Waals surface area contributed by atoms with Crippen LogP contribution in [0.1, 0.15) is 12.1 Å². The van der Waals surface area contributed by atoms with Gasteiger partial charge in [-0.3, -0.25) is 14.8 Å². The summed E-state index contributed by atoms with van der Waals surface area (Å²) >= 11 is 0. The number of carbonyl (C=O) groups is 1. The number of hydrogen-bond acceptors (Lipinski definition) is 4. The van der Waals surface area contributed by atoms with E-state index < -0.39 is 0 Å². The van der Waals surface area contributed by atoms with Crippen LogP contribution in [0.4, 0.5) is 0 Å². The quantitative estimate of drug-likeness (QED) is 0.694. The fraction of sp³-hybridized carbons (Fsp3) is 0.500. The van der Waals surface area contributed by atoms with Gasteiger partial charge in [-0.05, 0) is 0 Å². The standard InChI is InChI=1S/C10H16N4O/c1-14(2)10(15)3-4-11-7-9-8-12-5-6-13-9/h5-6,8,11H,3-4,7H2,1-2H3. The van der Waals surface area contributed by atoms with E-state index in [0.29, 0.717) is 19.5 Å². The van der Waals surface area contributed by atoms with Gasteiger partial charge in [0.25, 0.3) is 0 Å². The van der Waals surface area contributed by atoms with Crippen LogP contribution < -0.4 is 5.32 Å². The van der Waals surface area contributed by atoms with Crippen molar-refractivity contribution in [1.29, 1.82) is 0 Å². The molecule has 0 aliphatic carbocycles. The summed E-state index contributed by atoms with van der Waals surface area (Å²) in [5.74, 6) is 0.127. The molecule has 0 saturated heterocycles. The molecule has 0 aliphatic heterocycles. The zero-order valence-corrected chi connectivity index (χ0v) is 9.10. The maximum absolute atomic E-state index is 11.2. The summed E-state index contributed by atoms with van der Waals surface area (Å²) in [7, 11) is 3.51. The molecule has 5 nitrogen and oxygen atoms in total. The van der Waals surface area contributed by atoms with Crippen LogP contribution in [0.15, 0.2) is 18.6 Å². The number of nitrogens with zero attached hydrogens (tertiary/aromatic N) is 3. The van der Waals surface area contributed by atoms with Crippen molar-refractivity contribution in [2.24, 2.45) is 0 Å². The maximum Gasteiger partial charge on any atom is 0.223 e. The van der Waals surface area contributed by atoms with E-state index in [-0.39, 0.29) is 5.91 Å². The van der Waals surface area contributed by atoms with Crippen LogP contribution in [0.5, 0.6) is 0 Å². The van der Waals surface area contributed by atoms with Crippen molar-refractivity contribution in [3.63, 3.8) is 0 Å². The summed E-state index contributed by atoms with van der Waals surface area (Å²) in [4.78, 5) is 20.9. The maximum atomic E-state index is 11.2. The van der Waals surface area contributed by atoms with E-state index in [1.54, 1.807) is 37.6 Å². The molecule has 0 unspecified atom stereocenters. The third-order valence-corrected chi connectivity index (χ3v) is 1.94. The first-order valence-corrected chi connectivity index (χ1v) is 4.86. The largest absolute Gasteiger partial charge is 0.349 e. The van der Waals surface area contributed by atoms with Crippen LogP contribution in [0.2, 0.25) is 0 Å². The summed E-state index contributed by atoms with van der Waals surface area (Å²) in [6.45, 7) is 1.31. The third-order valence-electron chi connectivity index (χ3n) is 1.94. The van der Waals surface area contributed by atoms with Crippen molar-refractivity contribution in [2.45, 2.75) is 13.0 Å². The molecule has 1 rings (SSSR count). The summed E-state index contributed by atoms with van der Waals surface area (Å²) in [6.07, 6.45) is 5.51. The van der Waals surface area contributed by atoms with Crippen molar-refractivity contribution in [2.75, 3.05) is 20.6 Å². The number of amides is 1. The molecule has 0 aliphatic rings. The van der Waals surface area contributed by atoms with Gasteiger partial charge >= 0.3 is 0 Å². The molecule has 0 radical (unpaired) electrons. The van der Waals surface area contributed by atoms with Crippen LogP contribution in [0.3, 0.4) is 0 Å². The minimum atomic E-state index is 0.127. The first-order valence-electron chi connectivity index (χ1n) is 4.86. The fourth-order valence-corrected chi connectivity index (χ4v) is 1.06. The molecular weight excluding hydrogens is 192 g/mol. The zero-order valence-electron chi connectivity index (χ0n) is 9.10. The van der Waals surface area contributed by atoms with Gasteiger partial charge in [0.15, 0.2) is 0 Å². The molecule has 0 atom stereocenters. The predicted molar refractivity (Wildman–Crippen MR) is 57.0 cm³/mol. The van der Waals surface area contributed by atoms with Gasteiger partial charge in [-0.15, -0.1) is 0 Å². The van der Waals surface area contributed by atoms with Crippen LogP contribution in [-0.4, -0.2) is 41.4 Å². The molecule has 1 heterocycles. The van der Waals surface area contributed by atoms with Crippen molar-refractivity contribution >= 4 is 5.91 Å². The Kier molecular flexibility index (Phi) is 4.70. The lowest BCUT2D eigenvalue weighted by Crippen LogP contribution is -2.26. The molecule has 1 N–H and O–H groups in total. The molecule has 1 amide bonds. The molecular formula is C10H16N4O. The number of hydrogen-bond donors (Lipinski definition) is 1. The van der Waals surface area contributed by atoms with Gasteiger partial charge in [-0.1, -0.05) is 0 Å². The van der Waals surface area contributed by atoms with Crippen LogP contribution in [0.25, 0.3) is 0 Å². The van der Waals surface area contributed by atoms with Gasteiger partial charge in [0, 0.05) is 52.2 Å². The first-order chi connectivity index (χ1) is 7.20. The van der Waals surface area contributed by atoms with Gasteiger partial charge in [-0.2, -0.15) is 0 Å². The van der Waals surface area contributed by atoms with Crippen molar-refractivity contribution < 1.29 is 4.79 Å². The molecule has 0 fully saturated rings. The van der Waals surface area contributed by atoms with Gasteiger partial charge in [0.1, 0.15) is 0 Å². The second kappa shape index (κ2) is 6.08. The van der Waals surface area contributed by atoms with Crippen LogP contribution in [-0.2, 0) is 11.3 Å². The molecule has 1 aromatic heterocycles. The molecule has 5 heteroatoms. The minimum Gasteiger partial charge on any atom is -0.349 e. The number of nitrogens with one attached hydrogen (secondary N) is 1. The number of aromatic nitrogens is 2. The Hall–Kier alpha value is -1.49. The topological polar surface area (TPSA) is 58.1 Å². The van der Waals surface area contributed by atoms with Crippen LogP contribution in [0, 0.1) is 0 Å². The van der Waals surface area contributed by atoms with E-state index in [2.05, 4.69) is 15.3 Å². The second-order valence-corrected chi connectivity index (χ2v) is 3.41. The Balaban J connectivity index is 2.15. The average Bonchev–Trinajstić information content (AvgIpc) is 2.25. The van der Waals surface area contributed by atoms with Gasteiger partial charge in [0.05, 0.1) is 5.69 Å². The van der Waals surface area contributed by atoms with Crippen molar-refractivity contribution in [3.8, 4) is 0 Å². The highest BCUT2D eigenvalue weighted by Gasteiger charge is 2.02. The van der Waals surface area contributed by atoms with Crippen molar-refractivity contribution in [3.05, 3.63) is 24.3 Å². The first kappa shape index (κ1) is 11.6. The van der Waals surface area contributed by atoms with E-state index in [0.717, 1.165) is 5.69 Å².